The fourth-order valence-electron chi connectivity index (χ4n) is 3.18. The number of rotatable bonds is 3. The molecule has 8 nitrogen and oxygen atoms in total. The zero-order valence-electron chi connectivity index (χ0n) is 15.0. The molecule has 0 aliphatic carbocycles. The highest BCUT2D eigenvalue weighted by Gasteiger charge is 2.26. The molecule has 0 unspecified atom stereocenters. The maximum Gasteiger partial charge on any atom is 0.313 e. The number of aromatic amines is 1. The number of anilines is 2. The van der Waals surface area contributed by atoms with Gasteiger partial charge in [-0.1, -0.05) is 6.07 Å². The predicted molar refractivity (Wildman–Crippen MR) is 100 cm³/mol. The van der Waals surface area contributed by atoms with Crippen LogP contribution in [0.25, 0.3) is 10.9 Å². The van der Waals surface area contributed by atoms with Crippen LogP contribution in [-0.4, -0.2) is 40.8 Å². The molecule has 0 saturated heterocycles. The molecule has 3 heterocycles. The normalized spacial score (nSPS) is 12.7. The molecule has 0 radical (unpaired) electrons. The summed E-state index contributed by atoms with van der Waals surface area (Å²) in [5.41, 5.74) is 1.31. The van der Waals surface area contributed by atoms with E-state index in [1.165, 1.54) is 11.1 Å². The molecule has 0 spiro atoms. The maximum atomic E-state index is 13.4. The predicted octanol–water partition coefficient (Wildman–Crippen LogP) is 1.49. The first-order valence-electron chi connectivity index (χ1n) is 8.73. The van der Waals surface area contributed by atoms with Gasteiger partial charge in [-0.05, 0) is 24.1 Å². The standard InChI is InChI=1S/C19H15F2N5O3/c20-12-6-11-14(7-13(12)21)23-8-15(11)25-19(29)18(28)24-9-16(27)26-5-3-10-2-1-4-22-17(10)26/h1-2,4,6-8,23H,3,5,9H2,(H,24,28)(H,25,29). The van der Waals surface area contributed by atoms with Crippen molar-refractivity contribution in [3.63, 3.8) is 0 Å². The molecule has 1 aliphatic heterocycles. The van der Waals surface area contributed by atoms with Crippen molar-refractivity contribution in [3.05, 3.63) is 53.9 Å². The van der Waals surface area contributed by atoms with Crippen LogP contribution in [0.2, 0.25) is 0 Å². The average Bonchev–Trinajstić information content (AvgIpc) is 3.31. The van der Waals surface area contributed by atoms with E-state index in [1.807, 2.05) is 6.07 Å². The third-order valence-electron chi connectivity index (χ3n) is 4.61. The Balaban J connectivity index is 1.38. The van der Waals surface area contributed by atoms with Crippen LogP contribution in [0.4, 0.5) is 20.3 Å². The molecule has 0 fully saturated rings. The lowest BCUT2D eigenvalue weighted by Crippen LogP contribution is -2.43. The van der Waals surface area contributed by atoms with E-state index in [-0.39, 0.29) is 23.1 Å². The number of halogens is 2. The largest absolute Gasteiger partial charge is 0.359 e. The molecule has 10 heteroatoms. The number of amides is 3. The first kappa shape index (κ1) is 18.5. The van der Waals surface area contributed by atoms with Crippen molar-refractivity contribution in [2.24, 2.45) is 0 Å². The summed E-state index contributed by atoms with van der Waals surface area (Å²) in [6, 6.07) is 5.51. The Kier molecular flexibility index (Phi) is 4.67. The fourth-order valence-corrected chi connectivity index (χ4v) is 3.18. The van der Waals surface area contributed by atoms with E-state index in [1.54, 1.807) is 12.3 Å². The summed E-state index contributed by atoms with van der Waals surface area (Å²) in [6.07, 6.45) is 3.56. The molecule has 29 heavy (non-hydrogen) atoms. The van der Waals surface area contributed by atoms with E-state index in [0.29, 0.717) is 18.8 Å². The van der Waals surface area contributed by atoms with Crippen molar-refractivity contribution in [1.82, 2.24) is 15.3 Å². The molecular formula is C19H15F2N5O3. The minimum Gasteiger partial charge on any atom is -0.359 e. The van der Waals surface area contributed by atoms with Gasteiger partial charge in [0.1, 0.15) is 5.82 Å². The van der Waals surface area contributed by atoms with Crippen LogP contribution in [0.1, 0.15) is 5.56 Å². The number of H-pyrrole nitrogens is 1. The molecule has 0 bridgehead atoms. The Bertz CT molecular complexity index is 1140. The molecule has 148 valence electrons. The van der Waals surface area contributed by atoms with Gasteiger partial charge >= 0.3 is 11.8 Å². The minimum absolute atomic E-state index is 0.114. The number of carbonyl (C=O) groups excluding carboxylic acids is 3. The topological polar surface area (TPSA) is 107 Å². The van der Waals surface area contributed by atoms with Gasteiger partial charge in [0, 0.05) is 30.4 Å². The van der Waals surface area contributed by atoms with Crippen LogP contribution in [-0.2, 0) is 20.8 Å². The number of pyridine rings is 1. The highest BCUT2D eigenvalue weighted by Crippen LogP contribution is 2.26. The zero-order chi connectivity index (χ0) is 20.5. The summed E-state index contributed by atoms with van der Waals surface area (Å²) in [5.74, 6) is -4.04. The van der Waals surface area contributed by atoms with Crippen molar-refractivity contribution >= 4 is 40.1 Å². The third-order valence-corrected chi connectivity index (χ3v) is 4.61. The van der Waals surface area contributed by atoms with Gasteiger partial charge in [-0.25, -0.2) is 13.8 Å². The van der Waals surface area contributed by atoms with Gasteiger partial charge in [-0.3, -0.25) is 19.3 Å². The molecule has 0 atom stereocenters. The Hall–Kier alpha value is -3.82. The Labute approximate surface area is 162 Å². The number of fused-ring (bicyclic) bond motifs is 2. The zero-order valence-corrected chi connectivity index (χ0v) is 15.0. The number of nitrogens with zero attached hydrogens (tertiary/aromatic N) is 2. The second-order valence-electron chi connectivity index (χ2n) is 6.43. The number of aromatic nitrogens is 2. The van der Waals surface area contributed by atoms with Crippen molar-refractivity contribution in [2.75, 3.05) is 23.3 Å². The van der Waals surface area contributed by atoms with Crippen LogP contribution in [0, 0.1) is 11.6 Å². The smallest absolute Gasteiger partial charge is 0.313 e. The number of hydrogen-bond donors (Lipinski definition) is 3. The molecule has 1 aromatic carbocycles. The average molecular weight is 399 g/mol. The van der Waals surface area contributed by atoms with E-state index in [0.717, 1.165) is 17.7 Å². The van der Waals surface area contributed by atoms with Gasteiger partial charge in [0.05, 0.1) is 17.7 Å². The van der Waals surface area contributed by atoms with E-state index < -0.39 is 29.4 Å². The summed E-state index contributed by atoms with van der Waals surface area (Å²) in [6.45, 7) is 0.0701. The number of nitrogens with one attached hydrogen (secondary N) is 3. The van der Waals surface area contributed by atoms with E-state index in [2.05, 4.69) is 20.6 Å². The number of hydrogen-bond acceptors (Lipinski definition) is 4. The molecule has 3 amide bonds. The van der Waals surface area contributed by atoms with Gasteiger partial charge in [-0.15, -0.1) is 0 Å². The lowest BCUT2D eigenvalue weighted by molar-refractivity contribution is -0.136. The number of carbonyl (C=O) groups is 3. The first-order valence-corrected chi connectivity index (χ1v) is 8.73. The molecule has 3 N–H and O–H groups in total. The third kappa shape index (κ3) is 3.51. The summed E-state index contributed by atoms with van der Waals surface area (Å²) in [7, 11) is 0. The van der Waals surface area contributed by atoms with Gasteiger partial charge in [-0.2, -0.15) is 0 Å². The summed E-state index contributed by atoms with van der Waals surface area (Å²) in [5, 5.41) is 4.78. The summed E-state index contributed by atoms with van der Waals surface area (Å²) >= 11 is 0. The van der Waals surface area contributed by atoms with Crippen LogP contribution >= 0.6 is 0 Å². The summed E-state index contributed by atoms with van der Waals surface area (Å²) < 4.78 is 26.7. The molecule has 2 aromatic heterocycles. The Morgan fingerprint density at radius 3 is 2.79 bits per heavy atom. The fraction of sp³-hybridized carbons (Fsp3) is 0.158. The SMILES string of the molecule is O=C(NCC(=O)N1CCc2cccnc21)C(=O)Nc1c[nH]c2cc(F)c(F)cc12. The molecule has 3 aromatic rings. The first-order chi connectivity index (χ1) is 13.9. The van der Waals surface area contributed by atoms with Crippen LogP contribution < -0.4 is 15.5 Å². The Morgan fingerprint density at radius 1 is 1.17 bits per heavy atom. The van der Waals surface area contributed by atoms with Crippen molar-refractivity contribution in [3.8, 4) is 0 Å². The van der Waals surface area contributed by atoms with Gasteiger partial charge in [0.2, 0.25) is 5.91 Å². The van der Waals surface area contributed by atoms with Gasteiger partial charge < -0.3 is 15.6 Å². The van der Waals surface area contributed by atoms with Gasteiger partial charge in [0.25, 0.3) is 0 Å². The van der Waals surface area contributed by atoms with Gasteiger partial charge in [0.15, 0.2) is 11.6 Å². The second-order valence-corrected chi connectivity index (χ2v) is 6.43. The summed E-state index contributed by atoms with van der Waals surface area (Å²) in [4.78, 5) is 44.8. The minimum atomic E-state index is -1.08. The lowest BCUT2D eigenvalue weighted by atomic mass is 10.2. The number of benzene rings is 1. The highest BCUT2D eigenvalue weighted by atomic mass is 19.2. The monoisotopic (exact) mass is 399 g/mol. The van der Waals surface area contributed by atoms with Crippen molar-refractivity contribution < 1.29 is 23.2 Å². The Morgan fingerprint density at radius 2 is 1.97 bits per heavy atom. The quantitative estimate of drug-likeness (QED) is 0.580. The highest BCUT2D eigenvalue weighted by molar-refractivity contribution is 6.40. The maximum absolute atomic E-state index is 13.4. The molecule has 1 aliphatic rings. The van der Waals surface area contributed by atoms with Crippen molar-refractivity contribution in [2.45, 2.75) is 6.42 Å². The molecular weight excluding hydrogens is 384 g/mol. The van der Waals surface area contributed by atoms with E-state index >= 15 is 0 Å². The van der Waals surface area contributed by atoms with Crippen LogP contribution in [0.5, 0.6) is 0 Å². The van der Waals surface area contributed by atoms with Crippen LogP contribution in [0.15, 0.2) is 36.7 Å². The van der Waals surface area contributed by atoms with Crippen LogP contribution in [0.3, 0.4) is 0 Å². The van der Waals surface area contributed by atoms with Crippen molar-refractivity contribution in [1.29, 1.82) is 0 Å². The lowest BCUT2D eigenvalue weighted by Gasteiger charge is -2.16. The second kappa shape index (κ2) is 7.30. The van der Waals surface area contributed by atoms with E-state index in [4.69, 9.17) is 0 Å². The molecule has 4 rings (SSSR count). The molecule has 0 saturated carbocycles. The van der Waals surface area contributed by atoms with E-state index in [9.17, 15) is 23.2 Å².